The lowest BCUT2D eigenvalue weighted by molar-refractivity contribution is 0.0718. The second-order valence-corrected chi connectivity index (χ2v) is 5.80. The molecule has 0 radical (unpaired) electrons. The standard InChI is InChI=1S/C18H22N4O/c23-18(22-11-5-2-6-12-22)16-13-21-17(14-20-16)19-10-9-15-7-3-1-4-8-15/h1,3-4,7-8,13-14H,2,5-6,9-12H2,(H,19,21). The fraction of sp³-hybridized carbons (Fsp3) is 0.389. The van der Waals surface area contributed by atoms with Crippen LogP contribution in [0.15, 0.2) is 42.7 Å². The Labute approximate surface area is 136 Å². The SMILES string of the molecule is O=C(c1cnc(NCCc2ccccc2)cn1)N1CCCCC1. The molecule has 0 aliphatic carbocycles. The highest BCUT2D eigenvalue weighted by molar-refractivity contribution is 5.92. The topological polar surface area (TPSA) is 58.1 Å². The highest BCUT2D eigenvalue weighted by Crippen LogP contribution is 2.12. The number of benzene rings is 1. The van der Waals surface area contributed by atoms with Gasteiger partial charge < -0.3 is 10.2 Å². The molecule has 5 nitrogen and oxygen atoms in total. The summed E-state index contributed by atoms with van der Waals surface area (Å²) in [5.41, 5.74) is 1.71. The number of anilines is 1. The second-order valence-electron chi connectivity index (χ2n) is 5.80. The first-order valence-corrected chi connectivity index (χ1v) is 8.22. The van der Waals surface area contributed by atoms with Gasteiger partial charge in [-0.2, -0.15) is 0 Å². The number of rotatable bonds is 5. The minimum Gasteiger partial charge on any atom is -0.368 e. The van der Waals surface area contributed by atoms with Crippen molar-refractivity contribution in [2.75, 3.05) is 25.0 Å². The average molecular weight is 310 g/mol. The summed E-state index contributed by atoms with van der Waals surface area (Å²) in [6, 6.07) is 10.3. The van der Waals surface area contributed by atoms with Gasteiger partial charge in [0.15, 0.2) is 0 Å². The number of carbonyl (C=O) groups excluding carboxylic acids is 1. The van der Waals surface area contributed by atoms with Gasteiger partial charge in [-0.1, -0.05) is 30.3 Å². The number of aromatic nitrogens is 2. The van der Waals surface area contributed by atoms with Gasteiger partial charge in [0.05, 0.1) is 12.4 Å². The van der Waals surface area contributed by atoms with E-state index >= 15 is 0 Å². The number of piperidine rings is 1. The van der Waals surface area contributed by atoms with Crippen LogP contribution < -0.4 is 5.32 Å². The molecule has 1 N–H and O–H groups in total. The molecular weight excluding hydrogens is 288 g/mol. The maximum absolute atomic E-state index is 12.3. The molecule has 3 rings (SSSR count). The third kappa shape index (κ3) is 4.28. The van der Waals surface area contributed by atoms with Crippen LogP contribution >= 0.6 is 0 Å². The van der Waals surface area contributed by atoms with Gasteiger partial charge in [0, 0.05) is 19.6 Å². The smallest absolute Gasteiger partial charge is 0.274 e. The van der Waals surface area contributed by atoms with Crippen molar-refractivity contribution < 1.29 is 4.79 Å². The zero-order chi connectivity index (χ0) is 15.9. The van der Waals surface area contributed by atoms with Gasteiger partial charge in [0.2, 0.25) is 0 Å². The van der Waals surface area contributed by atoms with Gasteiger partial charge >= 0.3 is 0 Å². The zero-order valence-corrected chi connectivity index (χ0v) is 13.2. The Bertz CT molecular complexity index is 621. The molecule has 0 spiro atoms. The van der Waals surface area contributed by atoms with Crippen molar-refractivity contribution in [3.63, 3.8) is 0 Å². The fourth-order valence-electron chi connectivity index (χ4n) is 2.77. The molecule has 1 amide bonds. The van der Waals surface area contributed by atoms with Crippen molar-refractivity contribution in [1.82, 2.24) is 14.9 Å². The summed E-state index contributed by atoms with van der Waals surface area (Å²) in [6.07, 6.45) is 7.51. The fourth-order valence-corrected chi connectivity index (χ4v) is 2.77. The number of amides is 1. The highest BCUT2D eigenvalue weighted by Gasteiger charge is 2.19. The van der Waals surface area contributed by atoms with E-state index in [0.717, 1.165) is 38.9 Å². The molecule has 1 aromatic carbocycles. The molecule has 2 aromatic rings. The normalized spacial score (nSPS) is 14.5. The molecular formula is C18H22N4O. The molecule has 1 fully saturated rings. The summed E-state index contributed by atoms with van der Waals surface area (Å²) in [6.45, 7) is 2.45. The predicted octanol–water partition coefficient (Wildman–Crippen LogP) is 2.76. The predicted molar refractivity (Wildman–Crippen MR) is 90.4 cm³/mol. The number of likely N-dealkylation sites (tertiary alicyclic amines) is 1. The number of hydrogen-bond donors (Lipinski definition) is 1. The van der Waals surface area contributed by atoms with Crippen LogP contribution in [0.2, 0.25) is 0 Å². The summed E-state index contributed by atoms with van der Waals surface area (Å²) < 4.78 is 0. The summed E-state index contributed by atoms with van der Waals surface area (Å²) in [7, 11) is 0. The largest absolute Gasteiger partial charge is 0.368 e. The van der Waals surface area contributed by atoms with E-state index in [-0.39, 0.29) is 5.91 Å². The molecule has 0 bridgehead atoms. The first kappa shape index (κ1) is 15.5. The van der Waals surface area contributed by atoms with E-state index < -0.39 is 0 Å². The van der Waals surface area contributed by atoms with E-state index in [2.05, 4.69) is 27.4 Å². The van der Waals surface area contributed by atoms with Gasteiger partial charge in [-0.3, -0.25) is 4.79 Å². The van der Waals surface area contributed by atoms with Crippen LogP contribution in [0.25, 0.3) is 0 Å². The van der Waals surface area contributed by atoms with Crippen LogP contribution in [-0.4, -0.2) is 40.4 Å². The van der Waals surface area contributed by atoms with Crippen LogP contribution in [0.5, 0.6) is 0 Å². The van der Waals surface area contributed by atoms with Crippen LogP contribution in [0.4, 0.5) is 5.82 Å². The molecule has 0 unspecified atom stereocenters. The lowest BCUT2D eigenvalue weighted by Crippen LogP contribution is -2.36. The third-order valence-corrected chi connectivity index (χ3v) is 4.08. The monoisotopic (exact) mass is 310 g/mol. The van der Waals surface area contributed by atoms with Crippen LogP contribution in [0.1, 0.15) is 35.3 Å². The maximum Gasteiger partial charge on any atom is 0.274 e. The number of nitrogens with zero attached hydrogens (tertiary/aromatic N) is 3. The first-order valence-electron chi connectivity index (χ1n) is 8.22. The van der Waals surface area contributed by atoms with Crippen molar-refractivity contribution in [2.24, 2.45) is 0 Å². The lowest BCUT2D eigenvalue weighted by atomic mass is 10.1. The van der Waals surface area contributed by atoms with Crippen LogP contribution in [0.3, 0.4) is 0 Å². The average Bonchev–Trinajstić information content (AvgIpc) is 2.63. The molecule has 5 heteroatoms. The van der Waals surface area contributed by atoms with E-state index in [0.29, 0.717) is 11.5 Å². The molecule has 1 aliphatic heterocycles. The molecule has 0 saturated carbocycles. The minimum atomic E-state index is -0.00645. The summed E-state index contributed by atoms with van der Waals surface area (Å²) in [5.74, 6) is 0.698. The van der Waals surface area contributed by atoms with Gasteiger partial charge in [-0.15, -0.1) is 0 Å². The third-order valence-electron chi connectivity index (χ3n) is 4.08. The minimum absolute atomic E-state index is 0.00645. The molecule has 120 valence electrons. The van der Waals surface area contributed by atoms with Crippen molar-refractivity contribution in [3.8, 4) is 0 Å². The van der Waals surface area contributed by atoms with Crippen molar-refractivity contribution in [3.05, 3.63) is 54.0 Å². The van der Waals surface area contributed by atoms with E-state index in [9.17, 15) is 4.79 Å². The summed E-state index contributed by atoms with van der Waals surface area (Å²) >= 11 is 0. The van der Waals surface area contributed by atoms with Crippen molar-refractivity contribution >= 4 is 11.7 Å². The quantitative estimate of drug-likeness (QED) is 0.922. The van der Waals surface area contributed by atoms with Crippen molar-refractivity contribution in [2.45, 2.75) is 25.7 Å². The van der Waals surface area contributed by atoms with Gasteiger partial charge in [0.25, 0.3) is 5.91 Å². The summed E-state index contributed by atoms with van der Waals surface area (Å²) in [4.78, 5) is 22.8. The molecule has 0 atom stereocenters. The van der Waals surface area contributed by atoms with Gasteiger partial charge in [0.1, 0.15) is 11.5 Å². The lowest BCUT2D eigenvalue weighted by Gasteiger charge is -2.26. The number of carbonyl (C=O) groups is 1. The van der Waals surface area contributed by atoms with E-state index in [1.807, 2.05) is 23.1 Å². The molecule has 23 heavy (non-hydrogen) atoms. The summed E-state index contributed by atoms with van der Waals surface area (Å²) in [5, 5.41) is 3.24. The Morgan fingerprint density at radius 2 is 1.83 bits per heavy atom. The molecule has 2 heterocycles. The molecule has 1 aromatic heterocycles. The van der Waals surface area contributed by atoms with Crippen molar-refractivity contribution in [1.29, 1.82) is 0 Å². The molecule has 1 saturated heterocycles. The zero-order valence-electron chi connectivity index (χ0n) is 13.2. The van der Waals surface area contributed by atoms with Gasteiger partial charge in [-0.25, -0.2) is 9.97 Å². The van der Waals surface area contributed by atoms with Crippen LogP contribution in [0, 0.1) is 0 Å². The maximum atomic E-state index is 12.3. The Morgan fingerprint density at radius 3 is 2.52 bits per heavy atom. The van der Waals surface area contributed by atoms with E-state index in [4.69, 9.17) is 0 Å². The van der Waals surface area contributed by atoms with E-state index in [1.54, 1.807) is 12.4 Å². The molecule has 1 aliphatic rings. The highest BCUT2D eigenvalue weighted by atomic mass is 16.2. The number of hydrogen-bond acceptors (Lipinski definition) is 4. The van der Waals surface area contributed by atoms with Gasteiger partial charge in [-0.05, 0) is 31.2 Å². The Balaban J connectivity index is 1.51. The van der Waals surface area contributed by atoms with Crippen LogP contribution in [-0.2, 0) is 6.42 Å². The first-order chi connectivity index (χ1) is 11.3. The van der Waals surface area contributed by atoms with E-state index in [1.165, 1.54) is 12.0 Å². The Morgan fingerprint density at radius 1 is 1.04 bits per heavy atom. The Hall–Kier alpha value is -2.43. The Kier molecular flexibility index (Phi) is 5.19. The second kappa shape index (κ2) is 7.72. The number of nitrogens with one attached hydrogen (secondary N) is 1.